The van der Waals surface area contributed by atoms with Gasteiger partial charge in [-0.1, -0.05) is 33.3 Å². The second-order valence-electron chi connectivity index (χ2n) is 8.03. The summed E-state index contributed by atoms with van der Waals surface area (Å²) in [6.07, 6.45) is 5.28. The quantitative estimate of drug-likeness (QED) is 0.240. The minimum absolute atomic E-state index is 0.0900. The van der Waals surface area contributed by atoms with Crippen molar-refractivity contribution in [3.8, 4) is 5.75 Å². The highest BCUT2D eigenvalue weighted by atomic mass is 16.5. The molecule has 1 aromatic carbocycles. The van der Waals surface area contributed by atoms with E-state index >= 15 is 0 Å². The molecule has 1 aliphatic heterocycles. The molecule has 0 unspecified atom stereocenters. The van der Waals surface area contributed by atoms with Crippen LogP contribution in [0, 0.1) is 0 Å². The van der Waals surface area contributed by atoms with E-state index < -0.39 is 17.7 Å². The third-order valence-corrected chi connectivity index (χ3v) is 5.99. The maximum atomic E-state index is 13.1. The Bertz CT molecular complexity index is 969. The number of benzene rings is 1. The number of likely N-dealkylation sites (tertiary alicyclic amines) is 1. The lowest BCUT2D eigenvalue weighted by molar-refractivity contribution is -0.140. The number of rotatable bonds is 11. The highest BCUT2D eigenvalue weighted by Crippen LogP contribution is 2.39. The summed E-state index contributed by atoms with van der Waals surface area (Å²) >= 11 is 0. The highest BCUT2D eigenvalue weighted by molar-refractivity contribution is 6.46. The minimum Gasteiger partial charge on any atom is -0.507 e. The number of ketones is 1. The van der Waals surface area contributed by atoms with Gasteiger partial charge in [-0.05, 0) is 55.4 Å². The molecule has 0 spiro atoms. The summed E-state index contributed by atoms with van der Waals surface area (Å²) in [5, 5.41) is 11.1. The number of amides is 1. The Hall–Kier alpha value is -3.19. The number of unbranched alkanes of at least 4 members (excludes halogenated alkanes) is 1. The van der Waals surface area contributed by atoms with Gasteiger partial charge in [0.05, 0.1) is 18.2 Å². The number of ether oxygens (including phenoxy) is 1. The van der Waals surface area contributed by atoms with Crippen molar-refractivity contribution in [1.82, 2.24) is 14.8 Å². The first-order valence-electron chi connectivity index (χ1n) is 11.7. The third kappa shape index (κ3) is 5.60. The van der Waals surface area contributed by atoms with Gasteiger partial charge < -0.3 is 19.6 Å². The van der Waals surface area contributed by atoms with E-state index in [4.69, 9.17) is 4.74 Å². The van der Waals surface area contributed by atoms with Crippen LogP contribution in [0.5, 0.6) is 5.75 Å². The number of aromatic nitrogens is 1. The van der Waals surface area contributed by atoms with Crippen molar-refractivity contribution in [2.75, 3.05) is 32.8 Å². The second-order valence-corrected chi connectivity index (χ2v) is 8.03. The normalized spacial score (nSPS) is 17.7. The van der Waals surface area contributed by atoms with Crippen molar-refractivity contribution in [1.29, 1.82) is 0 Å². The van der Waals surface area contributed by atoms with Gasteiger partial charge in [-0.15, -0.1) is 0 Å². The Morgan fingerprint density at radius 3 is 2.45 bits per heavy atom. The van der Waals surface area contributed by atoms with Crippen LogP contribution in [-0.4, -0.2) is 64.4 Å². The fourth-order valence-corrected chi connectivity index (χ4v) is 3.98. The van der Waals surface area contributed by atoms with Crippen molar-refractivity contribution >= 4 is 17.4 Å². The zero-order valence-corrected chi connectivity index (χ0v) is 19.7. The molecule has 2 heterocycles. The predicted molar refractivity (Wildman–Crippen MR) is 128 cm³/mol. The number of likely N-dealkylation sites (N-methyl/N-ethyl adjacent to an activating group) is 1. The largest absolute Gasteiger partial charge is 0.507 e. The zero-order chi connectivity index (χ0) is 23.8. The fourth-order valence-electron chi connectivity index (χ4n) is 3.98. The van der Waals surface area contributed by atoms with Gasteiger partial charge in [-0.25, -0.2) is 0 Å². The summed E-state index contributed by atoms with van der Waals surface area (Å²) in [5.41, 5.74) is 1.25. The molecule has 33 heavy (non-hydrogen) atoms. The van der Waals surface area contributed by atoms with E-state index in [2.05, 4.69) is 30.7 Å². The number of hydrogen-bond acceptors (Lipinski definition) is 6. The van der Waals surface area contributed by atoms with Crippen LogP contribution in [0.2, 0.25) is 0 Å². The SMILES string of the molecule is CCCCOc1ccc(C(O)=C2C(=O)C(=O)N(CCN(CC)CC)[C@@H]2c2cccnc2)cc1. The Morgan fingerprint density at radius 2 is 1.85 bits per heavy atom. The van der Waals surface area contributed by atoms with Crippen molar-refractivity contribution in [3.63, 3.8) is 0 Å². The highest BCUT2D eigenvalue weighted by Gasteiger charge is 2.46. The second kappa shape index (κ2) is 11.6. The first-order chi connectivity index (χ1) is 16.0. The van der Waals surface area contributed by atoms with Crippen molar-refractivity contribution < 1.29 is 19.4 Å². The zero-order valence-electron chi connectivity index (χ0n) is 19.7. The topological polar surface area (TPSA) is 83.0 Å². The third-order valence-electron chi connectivity index (χ3n) is 5.99. The maximum absolute atomic E-state index is 13.1. The Kier molecular flexibility index (Phi) is 8.60. The number of hydrogen-bond donors (Lipinski definition) is 1. The molecule has 176 valence electrons. The molecular formula is C26H33N3O4. The van der Waals surface area contributed by atoms with Crippen LogP contribution in [0.25, 0.3) is 5.76 Å². The molecule has 0 radical (unpaired) electrons. The van der Waals surface area contributed by atoms with Crippen molar-refractivity contribution in [2.24, 2.45) is 0 Å². The number of nitrogens with zero attached hydrogens (tertiary/aromatic N) is 3. The number of aliphatic hydroxyl groups is 1. The van der Waals surface area contributed by atoms with E-state index in [1.807, 2.05) is 6.07 Å². The van der Waals surface area contributed by atoms with E-state index in [0.29, 0.717) is 36.6 Å². The number of Topliss-reactive ketones (excluding diaryl/α,β-unsaturated/α-hetero) is 1. The molecule has 0 aliphatic carbocycles. The Balaban J connectivity index is 1.96. The molecule has 1 atom stereocenters. The summed E-state index contributed by atoms with van der Waals surface area (Å²) in [6, 6.07) is 9.85. The molecule has 1 aromatic heterocycles. The fraction of sp³-hybridized carbons (Fsp3) is 0.423. The Morgan fingerprint density at radius 1 is 1.12 bits per heavy atom. The number of carbonyl (C=O) groups excluding carboxylic acids is 2. The van der Waals surface area contributed by atoms with E-state index in [0.717, 1.165) is 25.9 Å². The van der Waals surface area contributed by atoms with Gasteiger partial charge in [0.2, 0.25) is 0 Å². The summed E-state index contributed by atoms with van der Waals surface area (Å²) in [5.74, 6) is -0.766. The summed E-state index contributed by atoms with van der Waals surface area (Å²) in [4.78, 5) is 34.0. The van der Waals surface area contributed by atoms with Crippen LogP contribution < -0.4 is 4.74 Å². The molecule has 0 saturated carbocycles. The number of aliphatic hydroxyl groups excluding tert-OH is 1. The summed E-state index contributed by atoms with van der Waals surface area (Å²) in [6.45, 7) is 9.57. The van der Waals surface area contributed by atoms with Gasteiger partial charge in [0.25, 0.3) is 11.7 Å². The Labute approximate surface area is 195 Å². The lowest BCUT2D eigenvalue weighted by Gasteiger charge is -2.28. The lowest BCUT2D eigenvalue weighted by atomic mass is 9.96. The summed E-state index contributed by atoms with van der Waals surface area (Å²) in [7, 11) is 0. The molecule has 0 bridgehead atoms. The van der Waals surface area contributed by atoms with Crippen LogP contribution in [0.15, 0.2) is 54.4 Å². The van der Waals surface area contributed by atoms with Crippen LogP contribution in [0.1, 0.15) is 50.8 Å². The molecule has 1 aliphatic rings. The smallest absolute Gasteiger partial charge is 0.295 e. The van der Waals surface area contributed by atoms with Gasteiger partial charge in [0.15, 0.2) is 0 Å². The average molecular weight is 452 g/mol. The molecule has 3 rings (SSSR count). The molecule has 1 saturated heterocycles. The summed E-state index contributed by atoms with van der Waals surface area (Å²) < 4.78 is 5.69. The van der Waals surface area contributed by atoms with Gasteiger partial charge in [-0.2, -0.15) is 0 Å². The molecule has 1 N–H and O–H groups in total. The molecule has 2 aromatic rings. The van der Waals surface area contributed by atoms with Crippen LogP contribution in [0.4, 0.5) is 0 Å². The first kappa shape index (κ1) is 24.5. The van der Waals surface area contributed by atoms with Crippen LogP contribution in [0.3, 0.4) is 0 Å². The average Bonchev–Trinajstić information content (AvgIpc) is 3.10. The minimum atomic E-state index is -0.685. The molecule has 7 heteroatoms. The van der Waals surface area contributed by atoms with E-state index in [1.54, 1.807) is 47.6 Å². The molecule has 7 nitrogen and oxygen atoms in total. The van der Waals surface area contributed by atoms with Crippen molar-refractivity contribution in [2.45, 2.75) is 39.7 Å². The monoisotopic (exact) mass is 451 g/mol. The molecule has 1 amide bonds. The van der Waals surface area contributed by atoms with E-state index in [9.17, 15) is 14.7 Å². The van der Waals surface area contributed by atoms with Crippen LogP contribution in [-0.2, 0) is 9.59 Å². The molecular weight excluding hydrogens is 418 g/mol. The van der Waals surface area contributed by atoms with Gasteiger partial charge in [-0.3, -0.25) is 14.6 Å². The van der Waals surface area contributed by atoms with Gasteiger partial charge >= 0.3 is 0 Å². The first-order valence-corrected chi connectivity index (χ1v) is 11.7. The van der Waals surface area contributed by atoms with Gasteiger partial charge in [0, 0.05) is 31.0 Å². The number of carbonyl (C=O) groups is 2. The maximum Gasteiger partial charge on any atom is 0.295 e. The predicted octanol–water partition coefficient (Wildman–Crippen LogP) is 4.02. The van der Waals surface area contributed by atoms with Gasteiger partial charge in [0.1, 0.15) is 11.5 Å². The van der Waals surface area contributed by atoms with E-state index in [-0.39, 0.29) is 11.3 Å². The number of pyridine rings is 1. The lowest BCUT2D eigenvalue weighted by Crippen LogP contribution is -2.38. The molecule has 1 fully saturated rings. The van der Waals surface area contributed by atoms with Crippen molar-refractivity contribution in [3.05, 3.63) is 65.5 Å². The van der Waals surface area contributed by atoms with Crippen LogP contribution >= 0.6 is 0 Å². The van der Waals surface area contributed by atoms with E-state index in [1.165, 1.54) is 0 Å². The standard InChI is InChI=1S/C26H33N3O4/c1-4-7-17-33-21-12-10-19(11-13-21)24(30)22-23(20-9-8-14-27-18-20)29(26(32)25(22)31)16-15-28(5-2)6-3/h8-14,18,23,30H,4-7,15-17H2,1-3H3/t23-/m1/s1.